The molecule has 0 spiro atoms. The van der Waals surface area contributed by atoms with Crippen molar-refractivity contribution in [2.45, 2.75) is 27.2 Å². The average Bonchev–Trinajstić information content (AvgIpc) is 2.26. The number of hydrogen-bond acceptors (Lipinski definition) is 2. The second-order valence-corrected chi connectivity index (χ2v) is 2.76. The predicted octanol–water partition coefficient (Wildman–Crippen LogP) is 1.25. The lowest BCUT2D eigenvalue weighted by Gasteiger charge is -2.09. The van der Waals surface area contributed by atoms with E-state index in [9.17, 15) is 4.79 Å². The van der Waals surface area contributed by atoms with Crippen LogP contribution in [0.15, 0.2) is 5.10 Å². The number of hydrazone groups is 1. The highest BCUT2D eigenvalue weighted by Crippen LogP contribution is 2.17. The Kier molecular flexibility index (Phi) is 2.27. The zero-order valence-corrected chi connectivity index (χ0v) is 7.29. The molecule has 0 saturated carbocycles. The first-order valence-corrected chi connectivity index (χ1v) is 4.07. The predicted molar refractivity (Wildman–Crippen MR) is 44.3 cm³/mol. The van der Waals surface area contributed by atoms with Crippen LogP contribution in [0, 0.1) is 5.92 Å². The summed E-state index contributed by atoms with van der Waals surface area (Å²) in [5.74, 6) is 0.211. The highest BCUT2D eigenvalue weighted by molar-refractivity contribution is 6.06. The van der Waals surface area contributed by atoms with Crippen LogP contribution in [-0.2, 0) is 4.79 Å². The van der Waals surface area contributed by atoms with Crippen LogP contribution in [0.1, 0.15) is 27.2 Å². The minimum Gasteiger partial charge on any atom is -0.272 e. The van der Waals surface area contributed by atoms with Gasteiger partial charge in [-0.3, -0.25) is 4.79 Å². The molecule has 0 bridgehead atoms. The molecule has 0 aromatic heterocycles. The molecule has 0 aromatic carbocycles. The first-order chi connectivity index (χ1) is 5.20. The lowest BCUT2D eigenvalue weighted by atomic mass is 10.0. The van der Waals surface area contributed by atoms with Crippen LogP contribution in [0.5, 0.6) is 0 Å². The third-order valence-electron chi connectivity index (χ3n) is 2.04. The van der Waals surface area contributed by atoms with Gasteiger partial charge in [0.15, 0.2) is 0 Å². The molecule has 1 heterocycles. The monoisotopic (exact) mass is 154 g/mol. The number of rotatable bonds is 2. The molecule has 1 rings (SSSR count). The summed E-state index contributed by atoms with van der Waals surface area (Å²) in [6, 6.07) is 0. The molecule has 11 heavy (non-hydrogen) atoms. The van der Waals surface area contributed by atoms with Crippen LogP contribution in [0.3, 0.4) is 0 Å². The third-order valence-corrected chi connectivity index (χ3v) is 2.04. The fourth-order valence-electron chi connectivity index (χ4n) is 1.36. The maximum Gasteiger partial charge on any atom is 0.251 e. The third kappa shape index (κ3) is 1.27. The van der Waals surface area contributed by atoms with Crippen LogP contribution >= 0.6 is 0 Å². The van der Waals surface area contributed by atoms with Crippen molar-refractivity contribution in [3.8, 4) is 0 Å². The van der Waals surface area contributed by atoms with Gasteiger partial charge in [0.1, 0.15) is 0 Å². The largest absolute Gasteiger partial charge is 0.272 e. The van der Waals surface area contributed by atoms with Crippen molar-refractivity contribution in [3.05, 3.63) is 0 Å². The number of hydrogen-bond donors (Lipinski definition) is 0. The van der Waals surface area contributed by atoms with Crippen molar-refractivity contribution < 1.29 is 4.79 Å². The minimum absolute atomic E-state index is 0.0509. The molecule has 62 valence electrons. The summed E-state index contributed by atoms with van der Waals surface area (Å²) in [5.41, 5.74) is 0.958. The molecular weight excluding hydrogens is 140 g/mol. The fraction of sp³-hybridized carbons (Fsp3) is 0.750. The second kappa shape index (κ2) is 3.03. The summed E-state index contributed by atoms with van der Waals surface area (Å²) in [5, 5.41) is 5.69. The average molecular weight is 154 g/mol. The molecule has 3 heteroatoms. The van der Waals surface area contributed by atoms with Gasteiger partial charge in [0.25, 0.3) is 5.91 Å². The summed E-state index contributed by atoms with van der Waals surface area (Å²) in [4.78, 5) is 11.4. The van der Waals surface area contributed by atoms with Gasteiger partial charge in [0, 0.05) is 12.3 Å². The quantitative estimate of drug-likeness (QED) is 0.589. The first kappa shape index (κ1) is 8.24. The summed E-state index contributed by atoms with van der Waals surface area (Å²) in [7, 11) is 0. The molecule has 1 aliphatic heterocycles. The van der Waals surface area contributed by atoms with E-state index in [0.29, 0.717) is 6.54 Å². The Balaban J connectivity index is 2.75. The molecule has 1 unspecified atom stereocenters. The molecule has 3 nitrogen and oxygen atoms in total. The minimum atomic E-state index is 0.0509. The van der Waals surface area contributed by atoms with E-state index < -0.39 is 0 Å². The van der Waals surface area contributed by atoms with Gasteiger partial charge in [-0.15, -0.1) is 0 Å². The Labute approximate surface area is 67.1 Å². The van der Waals surface area contributed by atoms with Crippen molar-refractivity contribution in [3.63, 3.8) is 0 Å². The van der Waals surface area contributed by atoms with Crippen LogP contribution in [0.2, 0.25) is 0 Å². The molecule has 0 radical (unpaired) electrons. The number of amides is 1. The van der Waals surface area contributed by atoms with Gasteiger partial charge in [-0.25, -0.2) is 5.01 Å². The maximum atomic E-state index is 11.4. The molecular formula is C8H14N2O. The maximum absolute atomic E-state index is 11.4. The van der Waals surface area contributed by atoms with Gasteiger partial charge in [0.05, 0.1) is 5.92 Å². The van der Waals surface area contributed by atoms with Crippen LogP contribution in [0.25, 0.3) is 0 Å². The van der Waals surface area contributed by atoms with E-state index in [1.165, 1.54) is 0 Å². The van der Waals surface area contributed by atoms with E-state index >= 15 is 0 Å². The van der Waals surface area contributed by atoms with Gasteiger partial charge < -0.3 is 0 Å². The van der Waals surface area contributed by atoms with Crippen molar-refractivity contribution in [2.24, 2.45) is 11.0 Å². The van der Waals surface area contributed by atoms with Crippen molar-refractivity contribution in [1.82, 2.24) is 5.01 Å². The topological polar surface area (TPSA) is 32.7 Å². The summed E-state index contributed by atoms with van der Waals surface area (Å²) < 4.78 is 0. The molecule has 1 atom stereocenters. The Bertz CT molecular complexity index is 198. The van der Waals surface area contributed by atoms with Gasteiger partial charge in [-0.05, 0) is 20.3 Å². The first-order valence-electron chi connectivity index (χ1n) is 4.07. The summed E-state index contributed by atoms with van der Waals surface area (Å²) in [6.07, 6.45) is 0.866. The summed E-state index contributed by atoms with van der Waals surface area (Å²) in [6.45, 7) is 6.56. The smallest absolute Gasteiger partial charge is 0.251 e. The van der Waals surface area contributed by atoms with E-state index in [1.807, 2.05) is 20.8 Å². The molecule has 1 amide bonds. The van der Waals surface area contributed by atoms with Gasteiger partial charge >= 0.3 is 0 Å². The van der Waals surface area contributed by atoms with E-state index in [4.69, 9.17) is 0 Å². The van der Waals surface area contributed by atoms with E-state index in [2.05, 4.69) is 5.10 Å². The second-order valence-electron chi connectivity index (χ2n) is 2.76. The Morgan fingerprint density at radius 2 is 2.18 bits per heavy atom. The Morgan fingerprint density at radius 3 is 2.45 bits per heavy atom. The van der Waals surface area contributed by atoms with E-state index in [0.717, 1.165) is 12.1 Å². The van der Waals surface area contributed by atoms with Gasteiger partial charge in [-0.2, -0.15) is 5.10 Å². The van der Waals surface area contributed by atoms with Crippen LogP contribution in [-0.4, -0.2) is 23.2 Å². The number of carbonyl (C=O) groups is 1. The SMILES string of the molecule is CCC1C(=O)N(CC)N=C1C. The molecule has 0 fully saturated rings. The van der Waals surface area contributed by atoms with Gasteiger partial charge in [0.2, 0.25) is 0 Å². The Morgan fingerprint density at radius 1 is 1.55 bits per heavy atom. The van der Waals surface area contributed by atoms with Crippen molar-refractivity contribution >= 4 is 11.6 Å². The van der Waals surface area contributed by atoms with E-state index in [1.54, 1.807) is 5.01 Å². The molecule has 0 aromatic rings. The fourth-order valence-corrected chi connectivity index (χ4v) is 1.36. The highest BCUT2D eigenvalue weighted by Gasteiger charge is 2.30. The Hall–Kier alpha value is -0.860. The number of nitrogens with zero attached hydrogens (tertiary/aromatic N) is 2. The molecule has 0 aliphatic carbocycles. The normalized spacial score (nSPS) is 24.3. The van der Waals surface area contributed by atoms with Crippen molar-refractivity contribution in [1.29, 1.82) is 0 Å². The molecule has 0 N–H and O–H groups in total. The summed E-state index contributed by atoms with van der Waals surface area (Å²) >= 11 is 0. The lowest BCUT2D eigenvalue weighted by molar-refractivity contribution is -0.131. The van der Waals surface area contributed by atoms with E-state index in [-0.39, 0.29) is 11.8 Å². The number of carbonyl (C=O) groups excluding carboxylic acids is 1. The zero-order chi connectivity index (χ0) is 8.43. The van der Waals surface area contributed by atoms with Crippen molar-refractivity contribution in [2.75, 3.05) is 6.54 Å². The van der Waals surface area contributed by atoms with Crippen LogP contribution < -0.4 is 0 Å². The molecule has 0 saturated heterocycles. The zero-order valence-electron chi connectivity index (χ0n) is 7.29. The standard InChI is InChI=1S/C8H14N2O/c1-4-7-6(3)9-10(5-2)8(7)11/h7H,4-5H2,1-3H3. The lowest BCUT2D eigenvalue weighted by Crippen LogP contribution is -2.26. The highest BCUT2D eigenvalue weighted by atomic mass is 16.2. The molecule has 1 aliphatic rings. The van der Waals surface area contributed by atoms with Crippen LogP contribution in [0.4, 0.5) is 0 Å². The van der Waals surface area contributed by atoms with Gasteiger partial charge in [-0.1, -0.05) is 6.92 Å².